The van der Waals surface area contributed by atoms with Gasteiger partial charge in [-0.15, -0.1) is 0 Å². The maximum absolute atomic E-state index is 12.5. The molecule has 1 aliphatic heterocycles. The van der Waals surface area contributed by atoms with Crippen LogP contribution in [-0.2, 0) is 11.3 Å². The predicted molar refractivity (Wildman–Crippen MR) is 117 cm³/mol. The third-order valence-electron chi connectivity index (χ3n) is 6.47. The second-order valence-electron chi connectivity index (χ2n) is 8.48. The van der Waals surface area contributed by atoms with E-state index < -0.39 is 0 Å². The largest absolute Gasteiger partial charge is 0.493 e. The van der Waals surface area contributed by atoms with Gasteiger partial charge in [0.25, 0.3) is 0 Å². The lowest BCUT2D eigenvalue weighted by Gasteiger charge is -2.35. The standard InChI is InChI=1S/C23H37N3O4/c1-17-7-5-6-8-19(17)24-21(27)16-26-13-11-25(12-14-26)15-18-9-10-20(28-2)23(30-4)22(18)29-3/h9-10,17,19H,5-8,11-16H2,1-4H3,(H,24,27)/t17-,19+/m0/s1. The van der Waals surface area contributed by atoms with Gasteiger partial charge in [-0.25, -0.2) is 0 Å². The van der Waals surface area contributed by atoms with Crippen LogP contribution in [0.25, 0.3) is 0 Å². The fraction of sp³-hybridized carbons (Fsp3) is 0.696. The highest BCUT2D eigenvalue weighted by molar-refractivity contribution is 5.78. The fourth-order valence-corrected chi connectivity index (χ4v) is 4.62. The minimum Gasteiger partial charge on any atom is -0.493 e. The van der Waals surface area contributed by atoms with Crippen molar-refractivity contribution in [3.63, 3.8) is 0 Å². The lowest BCUT2D eigenvalue weighted by molar-refractivity contribution is -0.124. The quantitative estimate of drug-likeness (QED) is 0.699. The first-order valence-corrected chi connectivity index (χ1v) is 11.1. The zero-order valence-electron chi connectivity index (χ0n) is 18.9. The van der Waals surface area contributed by atoms with E-state index in [-0.39, 0.29) is 5.91 Å². The molecule has 0 bridgehead atoms. The highest BCUT2D eigenvalue weighted by atomic mass is 16.5. The van der Waals surface area contributed by atoms with Gasteiger partial charge in [-0.1, -0.05) is 25.8 Å². The van der Waals surface area contributed by atoms with Gasteiger partial charge in [0.15, 0.2) is 11.5 Å². The van der Waals surface area contributed by atoms with Crippen molar-refractivity contribution in [2.75, 3.05) is 54.1 Å². The third-order valence-corrected chi connectivity index (χ3v) is 6.47. The summed E-state index contributed by atoms with van der Waals surface area (Å²) in [5.41, 5.74) is 1.08. The summed E-state index contributed by atoms with van der Waals surface area (Å²) in [4.78, 5) is 17.1. The van der Waals surface area contributed by atoms with Gasteiger partial charge in [-0.2, -0.15) is 0 Å². The molecule has 1 amide bonds. The summed E-state index contributed by atoms with van der Waals surface area (Å²) < 4.78 is 16.5. The molecule has 1 aliphatic carbocycles. The lowest BCUT2D eigenvalue weighted by Crippen LogP contribution is -2.51. The number of carbonyl (C=O) groups excluding carboxylic acids is 1. The van der Waals surface area contributed by atoms with Gasteiger partial charge in [0, 0.05) is 44.3 Å². The molecule has 2 fully saturated rings. The van der Waals surface area contributed by atoms with Crippen LogP contribution in [0.5, 0.6) is 17.2 Å². The smallest absolute Gasteiger partial charge is 0.234 e. The first-order chi connectivity index (χ1) is 14.5. The van der Waals surface area contributed by atoms with Crippen LogP contribution < -0.4 is 19.5 Å². The van der Waals surface area contributed by atoms with E-state index in [1.807, 2.05) is 12.1 Å². The Morgan fingerprint density at radius 2 is 1.63 bits per heavy atom. The van der Waals surface area contributed by atoms with Crippen LogP contribution in [0.4, 0.5) is 0 Å². The molecule has 0 unspecified atom stereocenters. The number of hydrogen-bond acceptors (Lipinski definition) is 6. The molecule has 1 aromatic rings. The van der Waals surface area contributed by atoms with Crippen molar-refractivity contribution in [3.05, 3.63) is 17.7 Å². The number of carbonyl (C=O) groups is 1. The lowest BCUT2D eigenvalue weighted by atomic mass is 9.86. The number of ether oxygens (including phenoxy) is 3. The van der Waals surface area contributed by atoms with E-state index in [0.717, 1.165) is 50.5 Å². The van der Waals surface area contributed by atoms with Gasteiger partial charge in [-0.05, 0) is 24.8 Å². The Kier molecular flexibility index (Phi) is 8.22. The third kappa shape index (κ3) is 5.58. The molecular weight excluding hydrogens is 382 g/mol. The van der Waals surface area contributed by atoms with E-state index in [0.29, 0.717) is 30.0 Å². The van der Waals surface area contributed by atoms with Crippen LogP contribution in [-0.4, -0.2) is 75.8 Å². The molecule has 7 nitrogen and oxygen atoms in total. The summed E-state index contributed by atoms with van der Waals surface area (Å²) in [6.07, 6.45) is 4.87. The normalized spacial score (nSPS) is 23.1. The van der Waals surface area contributed by atoms with E-state index in [2.05, 4.69) is 22.0 Å². The second-order valence-corrected chi connectivity index (χ2v) is 8.48. The molecule has 1 saturated carbocycles. The van der Waals surface area contributed by atoms with Crippen LogP contribution in [0.2, 0.25) is 0 Å². The molecule has 1 saturated heterocycles. The summed E-state index contributed by atoms with van der Waals surface area (Å²) in [5.74, 6) is 2.78. The molecule has 1 aromatic carbocycles. The first-order valence-electron chi connectivity index (χ1n) is 11.1. The fourth-order valence-electron chi connectivity index (χ4n) is 4.62. The molecule has 2 aliphatic rings. The van der Waals surface area contributed by atoms with Crippen molar-refractivity contribution < 1.29 is 19.0 Å². The Morgan fingerprint density at radius 3 is 2.27 bits per heavy atom. The summed E-state index contributed by atoms with van der Waals surface area (Å²) in [5, 5.41) is 3.27. The Morgan fingerprint density at radius 1 is 0.967 bits per heavy atom. The maximum Gasteiger partial charge on any atom is 0.234 e. The van der Waals surface area contributed by atoms with Gasteiger partial charge in [0.2, 0.25) is 11.7 Å². The zero-order valence-corrected chi connectivity index (χ0v) is 18.9. The Balaban J connectivity index is 1.49. The molecule has 0 spiro atoms. The van der Waals surface area contributed by atoms with Gasteiger partial charge in [0.1, 0.15) is 0 Å². The maximum atomic E-state index is 12.5. The molecule has 0 radical (unpaired) electrons. The van der Waals surface area contributed by atoms with E-state index in [4.69, 9.17) is 14.2 Å². The van der Waals surface area contributed by atoms with Crippen molar-refractivity contribution in [1.82, 2.24) is 15.1 Å². The molecule has 168 valence electrons. The minimum absolute atomic E-state index is 0.170. The number of benzene rings is 1. The van der Waals surface area contributed by atoms with Gasteiger partial charge in [0.05, 0.1) is 27.9 Å². The van der Waals surface area contributed by atoms with Gasteiger partial charge >= 0.3 is 0 Å². The van der Waals surface area contributed by atoms with Gasteiger partial charge < -0.3 is 19.5 Å². The van der Waals surface area contributed by atoms with Crippen LogP contribution in [0.3, 0.4) is 0 Å². The van der Waals surface area contributed by atoms with E-state index >= 15 is 0 Å². The van der Waals surface area contributed by atoms with E-state index in [1.165, 1.54) is 19.3 Å². The number of nitrogens with one attached hydrogen (secondary N) is 1. The highest BCUT2D eigenvalue weighted by Crippen LogP contribution is 2.40. The second kappa shape index (κ2) is 10.9. The monoisotopic (exact) mass is 419 g/mol. The van der Waals surface area contributed by atoms with E-state index in [1.54, 1.807) is 21.3 Å². The Labute approximate surface area is 180 Å². The van der Waals surface area contributed by atoms with E-state index in [9.17, 15) is 4.79 Å². The summed E-state index contributed by atoms with van der Waals surface area (Å²) in [6, 6.07) is 4.31. The highest BCUT2D eigenvalue weighted by Gasteiger charge is 2.25. The average Bonchev–Trinajstić information content (AvgIpc) is 2.76. The Bertz CT molecular complexity index is 704. The number of piperazine rings is 1. The minimum atomic E-state index is 0.170. The molecule has 1 heterocycles. The molecule has 7 heteroatoms. The van der Waals surface area contributed by atoms with Crippen LogP contribution >= 0.6 is 0 Å². The van der Waals surface area contributed by atoms with Crippen LogP contribution in [0, 0.1) is 5.92 Å². The van der Waals surface area contributed by atoms with Gasteiger partial charge in [-0.3, -0.25) is 14.6 Å². The number of methoxy groups -OCH3 is 3. The molecule has 1 N–H and O–H groups in total. The zero-order chi connectivity index (χ0) is 21.5. The number of amides is 1. The van der Waals surface area contributed by atoms with Crippen molar-refractivity contribution in [3.8, 4) is 17.2 Å². The van der Waals surface area contributed by atoms with Crippen LogP contribution in [0.15, 0.2) is 12.1 Å². The molecule has 2 atom stereocenters. The molecular formula is C23H37N3O4. The van der Waals surface area contributed by atoms with Crippen molar-refractivity contribution in [1.29, 1.82) is 0 Å². The summed E-state index contributed by atoms with van der Waals surface area (Å²) in [7, 11) is 4.91. The summed E-state index contributed by atoms with van der Waals surface area (Å²) >= 11 is 0. The number of nitrogens with zero attached hydrogens (tertiary/aromatic N) is 2. The SMILES string of the molecule is COc1ccc(CN2CCN(CC(=O)N[C@@H]3CCCC[C@@H]3C)CC2)c(OC)c1OC. The van der Waals surface area contributed by atoms with Crippen molar-refractivity contribution in [2.45, 2.75) is 45.2 Å². The molecule has 30 heavy (non-hydrogen) atoms. The average molecular weight is 420 g/mol. The predicted octanol–water partition coefficient (Wildman–Crippen LogP) is 2.52. The number of rotatable bonds is 8. The molecule has 0 aromatic heterocycles. The van der Waals surface area contributed by atoms with Crippen molar-refractivity contribution in [2.24, 2.45) is 5.92 Å². The number of hydrogen-bond donors (Lipinski definition) is 1. The van der Waals surface area contributed by atoms with Crippen LogP contribution in [0.1, 0.15) is 38.2 Å². The summed E-state index contributed by atoms with van der Waals surface area (Å²) in [6.45, 7) is 7.16. The van der Waals surface area contributed by atoms with Crippen molar-refractivity contribution >= 4 is 5.91 Å². The first kappa shape index (κ1) is 22.7. The topological polar surface area (TPSA) is 63.3 Å². The molecule has 3 rings (SSSR count). The Hall–Kier alpha value is -1.99.